The molecular weight excluding hydrogens is 320 g/mol. The zero-order valence-corrected chi connectivity index (χ0v) is 12.8. The maximum absolute atomic E-state index is 12.3. The Kier molecular flexibility index (Phi) is 3.66. The van der Waals surface area contributed by atoms with Crippen molar-refractivity contribution < 1.29 is 8.42 Å². The summed E-state index contributed by atoms with van der Waals surface area (Å²) >= 11 is 1.54. The number of aromatic amines is 1. The fourth-order valence-electron chi connectivity index (χ4n) is 1.84. The zero-order chi connectivity index (χ0) is 15.6. The zero-order valence-electron chi connectivity index (χ0n) is 11.1. The Bertz CT molecular complexity index is 920. The third-order valence-electron chi connectivity index (χ3n) is 2.94. The number of nitrogens with zero attached hydrogens (tertiary/aromatic N) is 2. The second kappa shape index (κ2) is 5.63. The van der Waals surface area contributed by atoms with E-state index in [4.69, 9.17) is 5.26 Å². The number of thiophene rings is 1. The van der Waals surface area contributed by atoms with Crippen LogP contribution >= 0.6 is 11.3 Å². The van der Waals surface area contributed by atoms with E-state index in [0.29, 0.717) is 5.56 Å². The number of rotatable bonds is 4. The molecule has 0 unspecified atom stereocenters. The summed E-state index contributed by atoms with van der Waals surface area (Å²) in [7, 11) is -3.73. The van der Waals surface area contributed by atoms with Crippen LogP contribution in [0.2, 0.25) is 0 Å². The average Bonchev–Trinajstić information content (AvgIpc) is 3.18. The predicted octanol–water partition coefficient (Wildman–Crippen LogP) is 2.81. The van der Waals surface area contributed by atoms with Crippen LogP contribution in [0.3, 0.4) is 0 Å². The van der Waals surface area contributed by atoms with Crippen LogP contribution in [0.5, 0.6) is 0 Å². The molecule has 0 saturated heterocycles. The van der Waals surface area contributed by atoms with Crippen LogP contribution in [0.25, 0.3) is 11.3 Å². The molecule has 2 aromatic heterocycles. The van der Waals surface area contributed by atoms with Crippen molar-refractivity contribution in [3.8, 4) is 17.3 Å². The van der Waals surface area contributed by atoms with Gasteiger partial charge in [0.1, 0.15) is 0 Å². The van der Waals surface area contributed by atoms with Crippen molar-refractivity contribution in [2.75, 3.05) is 4.72 Å². The van der Waals surface area contributed by atoms with Crippen molar-refractivity contribution in [1.82, 2.24) is 10.2 Å². The first-order valence-corrected chi connectivity index (χ1v) is 8.62. The molecule has 0 spiro atoms. The van der Waals surface area contributed by atoms with Crippen molar-refractivity contribution in [3.63, 3.8) is 0 Å². The number of anilines is 1. The van der Waals surface area contributed by atoms with Crippen molar-refractivity contribution in [2.24, 2.45) is 0 Å². The molecule has 0 bridgehead atoms. The van der Waals surface area contributed by atoms with Crippen LogP contribution in [0.4, 0.5) is 5.82 Å². The molecule has 0 fully saturated rings. The van der Waals surface area contributed by atoms with Gasteiger partial charge in [0.15, 0.2) is 5.82 Å². The topological polar surface area (TPSA) is 98.6 Å². The second-order valence-corrected chi connectivity index (χ2v) is 6.88. The smallest absolute Gasteiger partial charge is 0.263 e. The van der Waals surface area contributed by atoms with Gasteiger partial charge in [0, 0.05) is 17.0 Å². The Morgan fingerprint density at radius 1 is 1.23 bits per heavy atom. The van der Waals surface area contributed by atoms with Gasteiger partial charge in [0.2, 0.25) is 0 Å². The number of nitrogens with one attached hydrogen (secondary N) is 2. The normalized spacial score (nSPS) is 11.0. The average molecular weight is 330 g/mol. The van der Waals surface area contributed by atoms with Gasteiger partial charge in [-0.3, -0.25) is 9.82 Å². The minimum atomic E-state index is -3.73. The lowest BCUT2D eigenvalue weighted by molar-refractivity contribution is 0.601. The molecule has 3 rings (SSSR count). The van der Waals surface area contributed by atoms with Crippen molar-refractivity contribution >= 4 is 27.2 Å². The molecule has 0 atom stereocenters. The standard InChI is InChI=1S/C14H10N4O2S2/c15-8-10-1-3-12(4-2-10)22(19,20)18-14-7-13(16-17-14)11-5-6-21-9-11/h1-7,9H,(H2,16,17,18). The Labute approximate surface area is 131 Å². The van der Waals surface area contributed by atoms with Gasteiger partial charge in [0.25, 0.3) is 10.0 Å². The summed E-state index contributed by atoms with van der Waals surface area (Å²) in [5.74, 6) is 0.213. The van der Waals surface area contributed by atoms with Gasteiger partial charge >= 0.3 is 0 Å². The van der Waals surface area contributed by atoms with Crippen molar-refractivity contribution in [1.29, 1.82) is 5.26 Å². The summed E-state index contributed by atoms with van der Waals surface area (Å²) in [6.07, 6.45) is 0. The number of aromatic nitrogens is 2. The Morgan fingerprint density at radius 2 is 2.00 bits per heavy atom. The highest BCUT2D eigenvalue weighted by Crippen LogP contribution is 2.23. The summed E-state index contributed by atoms with van der Waals surface area (Å²) in [6, 6.07) is 11.2. The van der Waals surface area contributed by atoms with Gasteiger partial charge in [-0.25, -0.2) is 8.42 Å². The molecule has 0 aliphatic rings. The number of sulfonamides is 1. The van der Waals surface area contributed by atoms with E-state index in [1.54, 1.807) is 17.4 Å². The van der Waals surface area contributed by atoms with Gasteiger partial charge in [-0.2, -0.15) is 21.7 Å². The van der Waals surface area contributed by atoms with E-state index in [1.807, 2.05) is 22.9 Å². The summed E-state index contributed by atoms with van der Waals surface area (Å²) in [5.41, 5.74) is 2.08. The molecule has 0 aliphatic heterocycles. The molecule has 0 saturated carbocycles. The van der Waals surface area contributed by atoms with E-state index < -0.39 is 10.0 Å². The SMILES string of the molecule is N#Cc1ccc(S(=O)(=O)Nc2cc(-c3ccsc3)[nH]n2)cc1. The van der Waals surface area contributed by atoms with Crippen LogP contribution in [0.15, 0.2) is 52.1 Å². The summed E-state index contributed by atoms with van der Waals surface area (Å²) in [5, 5.41) is 19.3. The van der Waals surface area contributed by atoms with Crippen LogP contribution in [-0.4, -0.2) is 18.6 Å². The first-order chi connectivity index (χ1) is 10.6. The number of H-pyrrole nitrogens is 1. The van der Waals surface area contributed by atoms with E-state index in [1.165, 1.54) is 24.3 Å². The molecule has 0 amide bonds. The first kappa shape index (κ1) is 14.3. The number of hydrogen-bond donors (Lipinski definition) is 2. The van der Waals surface area contributed by atoms with Gasteiger partial charge < -0.3 is 0 Å². The van der Waals surface area contributed by atoms with E-state index in [2.05, 4.69) is 14.9 Å². The molecule has 0 radical (unpaired) electrons. The quantitative estimate of drug-likeness (QED) is 0.768. The maximum Gasteiger partial charge on any atom is 0.263 e. The molecular formula is C14H10N4O2S2. The Balaban J connectivity index is 1.84. The Morgan fingerprint density at radius 3 is 2.64 bits per heavy atom. The monoisotopic (exact) mass is 330 g/mol. The molecule has 2 N–H and O–H groups in total. The molecule has 22 heavy (non-hydrogen) atoms. The van der Waals surface area contributed by atoms with Crippen LogP contribution < -0.4 is 4.72 Å². The summed E-state index contributed by atoms with van der Waals surface area (Å²) in [4.78, 5) is 0.0755. The van der Waals surface area contributed by atoms with Gasteiger partial charge in [0.05, 0.1) is 22.2 Å². The van der Waals surface area contributed by atoms with Crippen LogP contribution in [0, 0.1) is 11.3 Å². The summed E-state index contributed by atoms with van der Waals surface area (Å²) < 4.78 is 26.9. The van der Waals surface area contributed by atoms with E-state index in [-0.39, 0.29) is 10.7 Å². The van der Waals surface area contributed by atoms with Crippen LogP contribution in [-0.2, 0) is 10.0 Å². The molecule has 1 aromatic carbocycles. The predicted molar refractivity (Wildman–Crippen MR) is 83.9 cm³/mol. The Hall–Kier alpha value is -2.63. The largest absolute Gasteiger partial charge is 0.276 e. The number of hydrogen-bond acceptors (Lipinski definition) is 5. The lowest BCUT2D eigenvalue weighted by atomic mass is 10.2. The van der Waals surface area contributed by atoms with Crippen molar-refractivity contribution in [2.45, 2.75) is 4.90 Å². The van der Waals surface area contributed by atoms with E-state index in [0.717, 1.165) is 11.3 Å². The molecule has 2 heterocycles. The number of benzene rings is 1. The fraction of sp³-hybridized carbons (Fsp3) is 0. The van der Waals surface area contributed by atoms with Gasteiger partial charge in [-0.05, 0) is 35.7 Å². The second-order valence-electron chi connectivity index (χ2n) is 4.42. The highest BCUT2D eigenvalue weighted by molar-refractivity contribution is 7.92. The highest BCUT2D eigenvalue weighted by Gasteiger charge is 2.16. The van der Waals surface area contributed by atoms with Gasteiger partial charge in [-0.15, -0.1) is 0 Å². The number of nitriles is 1. The lowest BCUT2D eigenvalue weighted by Crippen LogP contribution is -2.13. The molecule has 3 aromatic rings. The van der Waals surface area contributed by atoms with E-state index >= 15 is 0 Å². The summed E-state index contributed by atoms with van der Waals surface area (Å²) in [6.45, 7) is 0. The molecule has 0 aliphatic carbocycles. The lowest BCUT2D eigenvalue weighted by Gasteiger charge is -2.04. The minimum Gasteiger partial charge on any atom is -0.276 e. The third kappa shape index (κ3) is 2.86. The molecule has 6 nitrogen and oxygen atoms in total. The van der Waals surface area contributed by atoms with E-state index in [9.17, 15) is 8.42 Å². The fourth-order valence-corrected chi connectivity index (χ4v) is 3.49. The van der Waals surface area contributed by atoms with Gasteiger partial charge in [-0.1, -0.05) is 0 Å². The van der Waals surface area contributed by atoms with Crippen LogP contribution in [0.1, 0.15) is 5.56 Å². The third-order valence-corrected chi connectivity index (χ3v) is 5.00. The maximum atomic E-state index is 12.3. The molecule has 8 heteroatoms. The first-order valence-electron chi connectivity index (χ1n) is 6.19. The minimum absolute atomic E-state index is 0.0755. The highest BCUT2D eigenvalue weighted by atomic mass is 32.2. The van der Waals surface area contributed by atoms with Crippen molar-refractivity contribution in [3.05, 3.63) is 52.7 Å². The molecule has 110 valence electrons.